The average Bonchev–Trinajstić information content (AvgIpc) is 2.35. The van der Waals surface area contributed by atoms with Crippen LogP contribution in [0.3, 0.4) is 0 Å². The van der Waals surface area contributed by atoms with E-state index in [4.69, 9.17) is 0 Å². The molecule has 92 valence electrons. The van der Waals surface area contributed by atoms with Crippen LogP contribution >= 0.6 is 38.5 Å². The van der Waals surface area contributed by atoms with Gasteiger partial charge in [0.15, 0.2) is 5.78 Å². The van der Waals surface area contributed by atoms with E-state index in [-0.39, 0.29) is 5.78 Å². The summed E-state index contributed by atoms with van der Waals surface area (Å²) in [6, 6.07) is 13.7. The average molecular weight is 415 g/mol. The Bertz CT molecular complexity index is 576. The molecule has 0 aliphatic carbocycles. The zero-order valence-corrected chi connectivity index (χ0v) is 13.7. The third-order valence-electron chi connectivity index (χ3n) is 2.77. The van der Waals surface area contributed by atoms with Gasteiger partial charge in [-0.1, -0.05) is 46.3 Å². The molecule has 0 heterocycles. The number of Topliss-reactive ketones (excluding diaryl/α,β-unsaturated/α-hetero) is 1. The second-order valence-corrected chi connectivity index (χ2v) is 6.16. The van der Waals surface area contributed by atoms with Gasteiger partial charge in [-0.25, -0.2) is 0 Å². The van der Waals surface area contributed by atoms with E-state index in [0.29, 0.717) is 6.42 Å². The Morgan fingerprint density at radius 3 is 2.50 bits per heavy atom. The number of benzene rings is 2. The molecule has 3 heteroatoms. The minimum absolute atomic E-state index is 0.172. The van der Waals surface area contributed by atoms with E-state index in [2.05, 4.69) is 38.5 Å². The minimum atomic E-state index is 0.172. The molecule has 18 heavy (non-hydrogen) atoms. The minimum Gasteiger partial charge on any atom is -0.294 e. The number of ketones is 1. The Kier molecular flexibility index (Phi) is 4.56. The molecule has 0 spiro atoms. The van der Waals surface area contributed by atoms with Gasteiger partial charge in [0.2, 0.25) is 0 Å². The molecule has 0 saturated carbocycles. The molecule has 0 N–H and O–H groups in total. The summed E-state index contributed by atoms with van der Waals surface area (Å²) in [7, 11) is 0. The van der Waals surface area contributed by atoms with Gasteiger partial charge in [-0.15, -0.1) is 0 Å². The summed E-state index contributed by atoms with van der Waals surface area (Å²) in [5, 5.41) is 0. The Morgan fingerprint density at radius 2 is 1.83 bits per heavy atom. The maximum Gasteiger partial charge on any atom is 0.168 e. The van der Waals surface area contributed by atoms with Crippen molar-refractivity contribution >= 4 is 44.3 Å². The summed E-state index contributed by atoms with van der Waals surface area (Å²) >= 11 is 5.63. The number of hydrogen-bond donors (Lipinski definition) is 0. The van der Waals surface area contributed by atoms with Crippen molar-refractivity contribution in [3.63, 3.8) is 0 Å². The third kappa shape index (κ3) is 3.20. The molecule has 0 saturated heterocycles. The van der Waals surface area contributed by atoms with Crippen LogP contribution in [0.1, 0.15) is 21.5 Å². The van der Waals surface area contributed by atoms with E-state index in [0.717, 1.165) is 24.7 Å². The van der Waals surface area contributed by atoms with Gasteiger partial charge in [-0.3, -0.25) is 4.79 Å². The van der Waals surface area contributed by atoms with Crippen LogP contribution in [0.2, 0.25) is 0 Å². The van der Waals surface area contributed by atoms with Crippen LogP contribution in [0.15, 0.2) is 46.9 Å². The van der Waals surface area contributed by atoms with Crippen molar-refractivity contribution in [2.45, 2.75) is 13.3 Å². The van der Waals surface area contributed by atoms with E-state index in [1.807, 2.05) is 49.4 Å². The molecule has 0 aliphatic rings. The molecule has 0 bridgehead atoms. The molecule has 2 aromatic carbocycles. The van der Waals surface area contributed by atoms with Gasteiger partial charge in [0, 0.05) is 20.0 Å². The van der Waals surface area contributed by atoms with E-state index >= 15 is 0 Å². The van der Waals surface area contributed by atoms with E-state index in [1.54, 1.807) is 0 Å². The number of hydrogen-bond acceptors (Lipinski definition) is 1. The molecule has 0 fully saturated rings. The maximum absolute atomic E-state index is 12.3. The largest absolute Gasteiger partial charge is 0.294 e. The number of carbonyl (C=O) groups is 1. The SMILES string of the molecule is Cc1cccc(C(=O)Cc2ccc(Br)cc2)c1I. The third-order valence-corrected chi connectivity index (χ3v) is 4.73. The summed E-state index contributed by atoms with van der Waals surface area (Å²) in [6.07, 6.45) is 0.451. The zero-order valence-electron chi connectivity index (χ0n) is 9.91. The fraction of sp³-hybridized carbons (Fsp3) is 0.133. The Balaban J connectivity index is 2.22. The van der Waals surface area contributed by atoms with Crippen molar-refractivity contribution in [3.05, 3.63) is 67.2 Å². The first kappa shape index (κ1) is 13.7. The van der Waals surface area contributed by atoms with Crippen molar-refractivity contribution in [3.8, 4) is 0 Å². The molecular formula is C15H12BrIO. The van der Waals surface area contributed by atoms with Crippen LogP contribution in [0.4, 0.5) is 0 Å². The monoisotopic (exact) mass is 414 g/mol. The van der Waals surface area contributed by atoms with Crippen molar-refractivity contribution in [1.29, 1.82) is 0 Å². The van der Waals surface area contributed by atoms with Crippen molar-refractivity contribution in [2.75, 3.05) is 0 Å². The van der Waals surface area contributed by atoms with Gasteiger partial charge >= 0.3 is 0 Å². The highest BCUT2D eigenvalue weighted by atomic mass is 127. The van der Waals surface area contributed by atoms with E-state index < -0.39 is 0 Å². The predicted molar refractivity (Wildman–Crippen MR) is 86.1 cm³/mol. The lowest BCUT2D eigenvalue weighted by Gasteiger charge is -2.06. The normalized spacial score (nSPS) is 10.4. The summed E-state index contributed by atoms with van der Waals surface area (Å²) in [6.45, 7) is 2.03. The Hall–Kier alpha value is -0.680. The van der Waals surface area contributed by atoms with E-state index in [1.165, 1.54) is 0 Å². The smallest absolute Gasteiger partial charge is 0.168 e. The molecular weight excluding hydrogens is 403 g/mol. The first-order chi connectivity index (χ1) is 8.58. The second kappa shape index (κ2) is 5.97. The van der Waals surface area contributed by atoms with E-state index in [9.17, 15) is 4.79 Å². The van der Waals surface area contributed by atoms with Crippen LogP contribution in [0, 0.1) is 10.5 Å². The van der Waals surface area contributed by atoms with Gasteiger partial charge in [-0.05, 0) is 52.8 Å². The molecule has 0 aromatic heterocycles. The summed E-state index contributed by atoms with van der Waals surface area (Å²) in [4.78, 5) is 12.3. The maximum atomic E-state index is 12.3. The highest BCUT2D eigenvalue weighted by Crippen LogP contribution is 2.19. The van der Waals surface area contributed by atoms with Crippen LogP contribution < -0.4 is 0 Å². The van der Waals surface area contributed by atoms with Gasteiger partial charge in [-0.2, -0.15) is 0 Å². The van der Waals surface area contributed by atoms with Crippen LogP contribution in [0.25, 0.3) is 0 Å². The van der Waals surface area contributed by atoms with Gasteiger partial charge in [0.1, 0.15) is 0 Å². The topological polar surface area (TPSA) is 17.1 Å². The molecule has 2 aromatic rings. The first-order valence-corrected chi connectivity index (χ1v) is 7.48. The number of aryl methyl sites for hydroxylation is 1. The highest BCUT2D eigenvalue weighted by molar-refractivity contribution is 14.1. The molecule has 0 atom stereocenters. The standard InChI is InChI=1S/C15H12BrIO/c1-10-3-2-4-13(15(10)17)14(18)9-11-5-7-12(16)8-6-11/h2-8H,9H2,1H3. The fourth-order valence-corrected chi connectivity index (χ4v) is 2.67. The molecule has 1 nitrogen and oxygen atoms in total. The lowest BCUT2D eigenvalue weighted by molar-refractivity contribution is 0.0992. The fourth-order valence-electron chi connectivity index (χ4n) is 1.75. The summed E-state index contributed by atoms with van der Waals surface area (Å²) in [5.74, 6) is 0.172. The van der Waals surface area contributed by atoms with Crippen molar-refractivity contribution in [1.82, 2.24) is 0 Å². The lowest BCUT2D eigenvalue weighted by Crippen LogP contribution is -2.06. The van der Waals surface area contributed by atoms with Crippen molar-refractivity contribution < 1.29 is 4.79 Å². The highest BCUT2D eigenvalue weighted by Gasteiger charge is 2.11. The van der Waals surface area contributed by atoms with Gasteiger partial charge in [0.25, 0.3) is 0 Å². The molecule has 2 rings (SSSR count). The molecule has 0 unspecified atom stereocenters. The quantitative estimate of drug-likeness (QED) is 0.521. The van der Waals surface area contributed by atoms with Crippen LogP contribution in [-0.2, 0) is 6.42 Å². The molecule has 0 aliphatic heterocycles. The van der Waals surface area contributed by atoms with Crippen LogP contribution in [-0.4, -0.2) is 5.78 Å². The molecule has 0 radical (unpaired) electrons. The first-order valence-electron chi connectivity index (χ1n) is 5.60. The van der Waals surface area contributed by atoms with Gasteiger partial charge in [0.05, 0.1) is 0 Å². The Morgan fingerprint density at radius 1 is 1.17 bits per heavy atom. The van der Waals surface area contributed by atoms with Crippen molar-refractivity contribution in [2.24, 2.45) is 0 Å². The predicted octanol–water partition coefficient (Wildman–Crippen LogP) is 4.79. The van der Waals surface area contributed by atoms with Crippen LogP contribution in [0.5, 0.6) is 0 Å². The molecule has 0 amide bonds. The zero-order chi connectivity index (χ0) is 13.1. The second-order valence-electron chi connectivity index (χ2n) is 4.16. The number of carbonyl (C=O) groups excluding carboxylic acids is 1. The number of rotatable bonds is 3. The lowest BCUT2D eigenvalue weighted by atomic mass is 10.0. The Labute approximate surface area is 129 Å². The number of halogens is 2. The summed E-state index contributed by atoms with van der Waals surface area (Å²) in [5.41, 5.74) is 3.01. The van der Waals surface area contributed by atoms with Gasteiger partial charge < -0.3 is 0 Å². The summed E-state index contributed by atoms with van der Waals surface area (Å²) < 4.78 is 2.08.